The largest absolute Gasteiger partial charge is 0.376 e. The van der Waals surface area contributed by atoms with E-state index in [1.54, 1.807) is 0 Å². The number of halogens is 1. The molecule has 0 atom stereocenters. The summed E-state index contributed by atoms with van der Waals surface area (Å²) in [7, 11) is 0. The van der Waals surface area contributed by atoms with Crippen molar-refractivity contribution in [1.82, 2.24) is 0 Å². The van der Waals surface area contributed by atoms with Gasteiger partial charge in [0.15, 0.2) is 0 Å². The van der Waals surface area contributed by atoms with Crippen LogP contribution in [0.2, 0.25) is 0 Å². The molecule has 0 heterocycles. The lowest BCUT2D eigenvalue weighted by Crippen LogP contribution is -2.19. The van der Waals surface area contributed by atoms with E-state index in [1.807, 2.05) is 0 Å². The Morgan fingerprint density at radius 3 is 2.20 bits per heavy atom. The highest BCUT2D eigenvalue weighted by Crippen LogP contribution is 2.07. The van der Waals surface area contributed by atoms with Gasteiger partial charge in [0.1, 0.15) is 0 Å². The van der Waals surface area contributed by atoms with Crippen molar-refractivity contribution in [1.29, 1.82) is 0 Å². The molecule has 0 amide bonds. The van der Waals surface area contributed by atoms with Gasteiger partial charge in [-0.2, -0.15) is 0 Å². The lowest BCUT2D eigenvalue weighted by atomic mass is 10.2. The Hall–Kier alpha value is 0.690. The number of unbranched alkanes of at least 4 members (excludes halogenated alkanes) is 1. The first kappa shape index (κ1) is 10.7. The molecule has 0 spiro atoms. The minimum Gasteiger partial charge on any atom is -0.376 e. The minimum atomic E-state index is 0.0469. The molecule has 0 aliphatic heterocycles. The van der Waals surface area contributed by atoms with Gasteiger partial charge in [0.25, 0.3) is 0 Å². The van der Waals surface area contributed by atoms with Gasteiger partial charge in [0, 0.05) is 6.61 Å². The summed E-state index contributed by atoms with van der Waals surface area (Å²) in [6, 6.07) is 0. The SMILES string of the molecule is CC(C)(C)OCCCCI. The van der Waals surface area contributed by atoms with Crippen molar-refractivity contribution in [2.75, 3.05) is 11.0 Å². The fourth-order valence-corrected chi connectivity index (χ4v) is 1.11. The Morgan fingerprint density at radius 2 is 1.80 bits per heavy atom. The predicted molar refractivity (Wildman–Crippen MR) is 53.8 cm³/mol. The lowest BCUT2D eigenvalue weighted by molar-refractivity contribution is -0.00401. The monoisotopic (exact) mass is 256 g/mol. The van der Waals surface area contributed by atoms with E-state index in [-0.39, 0.29) is 5.60 Å². The van der Waals surface area contributed by atoms with E-state index in [4.69, 9.17) is 4.74 Å². The Labute approximate surface area is 77.7 Å². The molecule has 0 aromatic rings. The molecule has 0 saturated heterocycles. The van der Waals surface area contributed by atoms with E-state index in [0.717, 1.165) is 6.61 Å². The highest BCUT2D eigenvalue weighted by atomic mass is 127. The third-order valence-electron chi connectivity index (χ3n) is 1.06. The lowest BCUT2D eigenvalue weighted by Gasteiger charge is -2.18. The molecule has 0 rings (SSSR count). The topological polar surface area (TPSA) is 9.23 Å². The molecule has 0 unspecified atom stereocenters. The molecule has 0 fully saturated rings. The standard InChI is InChI=1S/C8H17IO/c1-8(2,3)10-7-5-4-6-9/h4-7H2,1-3H3. The normalized spacial score (nSPS) is 12.0. The molecule has 0 N–H and O–H groups in total. The van der Waals surface area contributed by atoms with Crippen LogP contribution in [0, 0.1) is 0 Å². The van der Waals surface area contributed by atoms with Crippen LogP contribution in [0.3, 0.4) is 0 Å². The second-order valence-electron chi connectivity index (χ2n) is 3.36. The molecule has 0 aromatic carbocycles. The van der Waals surface area contributed by atoms with Crippen LogP contribution in [0.25, 0.3) is 0 Å². The van der Waals surface area contributed by atoms with Crippen molar-refractivity contribution >= 4 is 22.6 Å². The number of hydrogen-bond acceptors (Lipinski definition) is 1. The van der Waals surface area contributed by atoms with E-state index in [1.165, 1.54) is 17.3 Å². The van der Waals surface area contributed by atoms with Gasteiger partial charge in [-0.25, -0.2) is 0 Å². The fourth-order valence-electron chi connectivity index (χ4n) is 0.575. The molecule has 0 aromatic heterocycles. The highest BCUT2D eigenvalue weighted by molar-refractivity contribution is 14.1. The number of ether oxygens (including phenoxy) is 1. The highest BCUT2D eigenvalue weighted by Gasteiger charge is 2.08. The third-order valence-corrected chi connectivity index (χ3v) is 1.83. The third kappa shape index (κ3) is 8.69. The van der Waals surface area contributed by atoms with Gasteiger partial charge in [0.05, 0.1) is 5.60 Å². The van der Waals surface area contributed by atoms with E-state index < -0.39 is 0 Å². The van der Waals surface area contributed by atoms with Gasteiger partial charge >= 0.3 is 0 Å². The van der Waals surface area contributed by atoms with Crippen molar-refractivity contribution in [2.24, 2.45) is 0 Å². The van der Waals surface area contributed by atoms with Crippen LogP contribution in [-0.2, 0) is 4.74 Å². The molecule has 10 heavy (non-hydrogen) atoms. The van der Waals surface area contributed by atoms with E-state index in [0.29, 0.717) is 0 Å². The average molecular weight is 256 g/mol. The zero-order valence-corrected chi connectivity index (χ0v) is 9.27. The summed E-state index contributed by atoms with van der Waals surface area (Å²) in [6.07, 6.45) is 2.47. The summed E-state index contributed by atoms with van der Waals surface area (Å²) in [6.45, 7) is 7.19. The number of alkyl halides is 1. The molecular formula is C8H17IO. The van der Waals surface area contributed by atoms with E-state index in [9.17, 15) is 0 Å². The average Bonchev–Trinajstić information content (AvgIpc) is 1.78. The molecular weight excluding hydrogens is 239 g/mol. The van der Waals surface area contributed by atoms with Gasteiger partial charge in [-0.15, -0.1) is 0 Å². The smallest absolute Gasteiger partial charge is 0.0598 e. The van der Waals surface area contributed by atoms with Crippen LogP contribution < -0.4 is 0 Å². The Kier molecular flexibility index (Phi) is 5.72. The van der Waals surface area contributed by atoms with E-state index >= 15 is 0 Å². The Balaban J connectivity index is 3.04. The summed E-state index contributed by atoms with van der Waals surface area (Å²) < 4.78 is 6.77. The van der Waals surface area contributed by atoms with Crippen molar-refractivity contribution in [2.45, 2.75) is 39.2 Å². The summed E-state index contributed by atoms with van der Waals surface area (Å²) in [5.41, 5.74) is 0.0469. The van der Waals surface area contributed by atoms with Crippen LogP contribution in [0.1, 0.15) is 33.6 Å². The summed E-state index contributed by atoms with van der Waals surface area (Å²) in [4.78, 5) is 0. The first-order chi connectivity index (χ1) is 4.56. The Bertz CT molecular complexity index is 75.8. The zero-order valence-electron chi connectivity index (χ0n) is 7.11. The van der Waals surface area contributed by atoms with Gasteiger partial charge < -0.3 is 4.74 Å². The maximum atomic E-state index is 5.53. The van der Waals surface area contributed by atoms with Crippen LogP contribution >= 0.6 is 22.6 Å². The molecule has 0 aliphatic rings. The minimum absolute atomic E-state index is 0.0469. The fraction of sp³-hybridized carbons (Fsp3) is 1.00. The van der Waals surface area contributed by atoms with Gasteiger partial charge in [0.2, 0.25) is 0 Å². The second-order valence-corrected chi connectivity index (χ2v) is 4.44. The van der Waals surface area contributed by atoms with Crippen molar-refractivity contribution in [3.63, 3.8) is 0 Å². The maximum absolute atomic E-state index is 5.53. The molecule has 2 heteroatoms. The van der Waals surface area contributed by atoms with Crippen molar-refractivity contribution in [3.05, 3.63) is 0 Å². The zero-order chi connectivity index (χ0) is 8.04. The Morgan fingerprint density at radius 1 is 1.20 bits per heavy atom. The van der Waals surface area contributed by atoms with Gasteiger partial charge in [-0.1, -0.05) is 22.6 Å². The van der Waals surface area contributed by atoms with Crippen LogP contribution in [0.5, 0.6) is 0 Å². The summed E-state index contributed by atoms with van der Waals surface area (Å²) >= 11 is 2.39. The summed E-state index contributed by atoms with van der Waals surface area (Å²) in [5.74, 6) is 0. The van der Waals surface area contributed by atoms with Crippen LogP contribution in [-0.4, -0.2) is 16.6 Å². The molecule has 0 saturated carbocycles. The quantitative estimate of drug-likeness (QED) is 0.427. The number of hydrogen-bond donors (Lipinski definition) is 0. The molecule has 1 nitrogen and oxygen atoms in total. The van der Waals surface area contributed by atoms with Crippen molar-refractivity contribution in [3.8, 4) is 0 Å². The first-order valence-electron chi connectivity index (χ1n) is 3.76. The van der Waals surface area contributed by atoms with Gasteiger partial charge in [-0.3, -0.25) is 0 Å². The first-order valence-corrected chi connectivity index (χ1v) is 5.29. The molecule has 62 valence electrons. The van der Waals surface area contributed by atoms with Gasteiger partial charge in [-0.05, 0) is 38.0 Å². The maximum Gasteiger partial charge on any atom is 0.0598 e. The second kappa shape index (κ2) is 5.35. The van der Waals surface area contributed by atoms with E-state index in [2.05, 4.69) is 43.4 Å². The van der Waals surface area contributed by atoms with Crippen LogP contribution in [0.4, 0.5) is 0 Å². The number of rotatable bonds is 4. The van der Waals surface area contributed by atoms with Crippen molar-refractivity contribution < 1.29 is 4.74 Å². The molecule has 0 aliphatic carbocycles. The summed E-state index contributed by atoms with van der Waals surface area (Å²) in [5, 5.41) is 0. The molecule has 0 bridgehead atoms. The molecule has 0 radical (unpaired) electrons. The van der Waals surface area contributed by atoms with Crippen LogP contribution in [0.15, 0.2) is 0 Å². The predicted octanol–water partition coefficient (Wildman–Crippen LogP) is 3.02.